The van der Waals surface area contributed by atoms with Crippen molar-refractivity contribution in [2.24, 2.45) is 5.92 Å². The van der Waals surface area contributed by atoms with E-state index in [1.54, 1.807) is 0 Å². The fraction of sp³-hybridized carbons (Fsp3) is 0.455. The number of piperidine rings is 1. The van der Waals surface area contributed by atoms with Crippen molar-refractivity contribution in [3.8, 4) is 11.4 Å². The number of benzene rings is 1. The Kier molecular flexibility index (Phi) is 5.94. The van der Waals surface area contributed by atoms with E-state index in [2.05, 4.69) is 44.4 Å². The van der Waals surface area contributed by atoms with Gasteiger partial charge in [0.25, 0.3) is 0 Å². The van der Waals surface area contributed by atoms with Crippen LogP contribution in [0.3, 0.4) is 0 Å². The van der Waals surface area contributed by atoms with Crippen molar-refractivity contribution in [3.63, 3.8) is 0 Å². The van der Waals surface area contributed by atoms with Crippen LogP contribution < -0.4 is 10.2 Å². The smallest absolute Gasteiger partial charge is 0.223 e. The number of amides is 1. The molecule has 0 aliphatic carbocycles. The van der Waals surface area contributed by atoms with E-state index in [1.807, 2.05) is 42.9 Å². The molecule has 8 heteroatoms. The molecule has 2 aromatic heterocycles. The van der Waals surface area contributed by atoms with Crippen LogP contribution in [0.4, 0.5) is 5.82 Å². The molecular weight excluding hydrogens is 378 g/mol. The Morgan fingerprint density at radius 3 is 2.70 bits per heavy atom. The van der Waals surface area contributed by atoms with Crippen LogP contribution in [0.15, 0.2) is 36.4 Å². The van der Waals surface area contributed by atoms with Gasteiger partial charge in [-0.15, -0.1) is 15.3 Å². The number of likely N-dealkylation sites (N-methyl/N-ethyl adjacent to an activating group) is 1. The molecule has 0 spiro atoms. The lowest BCUT2D eigenvalue weighted by Crippen LogP contribution is -2.42. The van der Waals surface area contributed by atoms with E-state index in [0.717, 1.165) is 55.3 Å². The number of anilines is 1. The lowest BCUT2D eigenvalue weighted by molar-refractivity contribution is -0.125. The molecule has 1 aromatic carbocycles. The third-order valence-electron chi connectivity index (χ3n) is 5.57. The van der Waals surface area contributed by atoms with Crippen LogP contribution >= 0.6 is 0 Å². The number of nitrogens with zero attached hydrogens (tertiary/aromatic N) is 6. The highest BCUT2D eigenvalue weighted by molar-refractivity contribution is 5.79. The molecule has 0 atom stereocenters. The molecule has 4 rings (SSSR count). The summed E-state index contributed by atoms with van der Waals surface area (Å²) in [6.07, 6.45) is 1.67. The van der Waals surface area contributed by atoms with Gasteiger partial charge in [-0.3, -0.25) is 4.79 Å². The van der Waals surface area contributed by atoms with Crippen LogP contribution in [0.1, 0.15) is 18.4 Å². The number of aryl methyl sites for hydroxylation is 1. The molecule has 3 heterocycles. The molecule has 3 aromatic rings. The maximum Gasteiger partial charge on any atom is 0.223 e. The van der Waals surface area contributed by atoms with E-state index in [9.17, 15) is 4.79 Å². The molecule has 0 unspecified atom stereocenters. The largest absolute Gasteiger partial charge is 0.355 e. The molecule has 1 fully saturated rings. The van der Waals surface area contributed by atoms with E-state index in [-0.39, 0.29) is 11.8 Å². The van der Waals surface area contributed by atoms with E-state index in [4.69, 9.17) is 5.10 Å². The highest BCUT2D eigenvalue weighted by atomic mass is 16.1. The van der Waals surface area contributed by atoms with Crippen LogP contribution in [0.5, 0.6) is 0 Å². The summed E-state index contributed by atoms with van der Waals surface area (Å²) in [5.74, 6) is 1.87. The second-order valence-electron chi connectivity index (χ2n) is 8.21. The average molecular weight is 408 g/mol. The Balaban J connectivity index is 1.45. The van der Waals surface area contributed by atoms with E-state index >= 15 is 0 Å². The third kappa shape index (κ3) is 4.43. The number of carbonyl (C=O) groups is 1. The topological polar surface area (TPSA) is 78.7 Å². The summed E-state index contributed by atoms with van der Waals surface area (Å²) in [6, 6.07) is 12.1. The van der Waals surface area contributed by atoms with Gasteiger partial charge in [0.15, 0.2) is 11.5 Å². The van der Waals surface area contributed by atoms with Crippen LogP contribution in [0.25, 0.3) is 17.0 Å². The molecule has 0 radical (unpaired) electrons. The van der Waals surface area contributed by atoms with Gasteiger partial charge in [0.2, 0.25) is 5.91 Å². The summed E-state index contributed by atoms with van der Waals surface area (Å²) in [6.45, 7) is 5.24. The lowest BCUT2D eigenvalue weighted by atomic mass is 9.96. The van der Waals surface area contributed by atoms with Gasteiger partial charge in [-0.2, -0.15) is 4.52 Å². The van der Waals surface area contributed by atoms with E-state index < -0.39 is 0 Å². The van der Waals surface area contributed by atoms with E-state index in [0.29, 0.717) is 6.54 Å². The van der Waals surface area contributed by atoms with Crippen LogP contribution in [0, 0.1) is 12.8 Å². The second kappa shape index (κ2) is 8.79. The van der Waals surface area contributed by atoms with Crippen molar-refractivity contribution < 1.29 is 4.79 Å². The molecule has 158 valence electrons. The zero-order chi connectivity index (χ0) is 21.1. The highest BCUT2D eigenvalue weighted by Crippen LogP contribution is 2.24. The van der Waals surface area contributed by atoms with Crippen molar-refractivity contribution in [2.45, 2.75) is 19.8 Å². The fourth-order valence-corrected chi connectivity index (χ4v) is 3.83. The first-order chi connectivity index (χ1) is 14.5. The summed E-state index contributed by atoms with van der Waals surface area (Å²) in [4.78, 5) is 16.7. The number of fused-ring (bicyclic) bond motifs is 1. The normalized spacial score (nSPS) is 15.1. The summed E-state index contributed by atoms with van der Waals surface area (Å²) >= 11 is 0. The quantitative estimate of drug-likeness (QED) is 0.673. The van der Waals surface area contributed by atoms with Crippen LogP contribution in [-0.2, 0) is 4.79 Å². The van der Waals surface area contributed by atoms with E-state index in [1.165, 1.54) is 5.56 Å². The third-order valence-corrected chi connectivity index (χ3v) is 5.57. The molecule has 8 nitrogen and oxygen atoms in total. The zero-order valence-corrected chi connectivity index (χ0v) is 17.9. The minimum absolute atomic E-state index is 0.0740. The molecular formula is C22H29N7O. The summed E-state index contributed by atoms with van der Waals surface area (Å²) in [7, 11) is 4.02. The highest BCUT2D eigenvalue weighted by Gasteiger charge is 2.26. The van der Waals surface area contributed by atoms with Gasteiger partial charge in [0, 0.05) is 37.7 Å². The number of carbonyl (C=O) groups excluding carboxylic acids is 1. The van der Waals surface area contributed by atoms with Gasteiger partial charge < -0.3 is 15.1 Å². The Morgan fingerprint density at radius 2 is 1.97 bits per heavy atom. The average Bonchev–Trinajstić information content (AvgIpc) is 3.17. The number of nitrogens with one attached hydrogen (secondary N) is 1. The van der Waals surface area contributed by atoms with Gasteiger partial charge in [-0.25, -0.2) is 0 Å². The summed E-state index contributed by atoms with van der Waals surface area (Å²) in [5, 5.41) is 16.5. The van der Waals surface area contributed by atoms with Crippen molar-refractivity contribution in [1.82, 2.24) is 30.0 Å². The van der Waals surface area contributed by atoms with Gasteiger partial charge in [0.1, 0.15) is 5.82 Å². The molecule has 1 saturated heterocycles. The number of rotatable bonds is 6. The molecule has 1 aliphatic rings. The van der Waals surface area contributed by atoms with Gasteiger partial charge in [-0.1, -0.05) is 23.8 Å². The number of aromatic nitrogens is 4. The Bertz CT molecular complexity index is 1020. The van der Waals surface area contributed by atoms with Gasteiger partial charge >= 0.3 is 0 Å². The second-order valence-corrected chi connectivity index (χ2v) is 8.21. The Hall–Kier alpha value is -3.00. The first-order valence-electron chi connectivity index (χ1n) is 10.5. The molecule has 1 aliphatic heterocycles. The zero-order valence-electron chi connectivity index (χ0n) is 17.9. The van der Waals surface area contributed by atoms with Crippen molar-refractivity contribution in [1.29, 1.82) is 0 Å². The first-order valence-corrected chi connectivity index (χ1v) is 10.5. The molecule has 0 saturated carbocycles. The fourth-order valence-electron chi connectivity index (χ4n) is 3.83. The van der Waals surface area contributed by atoms with Crippen molar-refractivity contribution in [3.05, 3.63) is 42.0 Å². The predicted molar refractivity (Wildman–Crippen MR) is 117 cm³/mol. The first kappa shape index (κ1) is 20.3. The SMILES string of the molecule is Cc1cccc(-c2nnc3ccc(N4CCC(C(=O)NCCN(C)C)CC4)nn23)c1. The van der Waals surface area contributed by atoms with Crippen molar-refractivity contribution >= 4 is 17.4 Å². The summed E-state index contributed by atoms with van der Waals surface area (Å²) in [5.41, 5.74) is 2.90. The van der Waals surface area contributed by atoms with Crippen molar-refractivity contribution in [2.75, 3.05) is 45.2 Å². The Labute approximate surface area is 176 Å². The monoisotopic (exact) mass is 407 g/mol. The van der Waals surface area contributed by atoms with Crippen LogP contribution in [0.2, 0.25) is 0 Å². The van der Waals surface area contributed by atoms with Gasteiger partial charge in [0.05, 0.1) is 0 Å². The number of hydrogen-bond acceptors (Lipinski definition) is 6. The lowest BCUT2D eigenvalue weighted by Gasteiger charge is -2.32. The minimum atomic E-state index is 0.0740. The minimum Gasteiger partial charge on any atom is -0.355 e. The molecule has 30 heavy (non-hydrogen) atoms. The maximum absolute atomic E-state index is 12.4. The Morgan fingerprint density at radius 1 is 1.17 bits per heavy atom. The number of hydrogen-bond donors (Lipinski definition) is 1. The van der Waals surface area contributed by atoms with Gasteiger partial charge in [-0.05, 0) is 52.1 Å². The maximum atomic E-state index is 12.4. The summed E-state index contributed by atoms with van der Waals surface area (Å²) < 4.78 is 1.81. The molecule has 0 bridgehead atoms. The predicted octanol–water partition coefficient (Wildman–Crippen LogP) is 1.99. The standard InChI is InChI=1S/C22H29N7O/c1-16-5-4-6-18(15-16)21-25-24-19-7-8-20(26-29(19)21)28-12-9-17(10-13-28)22(30)23-11-14-27(2)3/h4-8,15,17H,9-14H2,1-3H3,(H,23,30). The van der Waals surface area contributed by atoms with Crippen LogP contribution in [-0.4, -0.2) is 70.9 Å². The molecule has 1 amide bonds. The molecule has 1 N–H and O–H groups in total.